The van der Waals surface area contributed by atoms with Crippen molar-refractivity contribution in [3.63, 3.8) is 0 Å². The summed E-state index contributed by atoms with van der Waals surface area (Å²) in [5.74, 6) is 2.79. The first-order valence-electron chi connectivity index (χ1n) is 6.90. The highest BCUT2D eigenvalue weighted by atomic mass is 35.5. The monoisotopic (exact) mass is 259 g/mol. The van der Waals surface area contributed by atoms with Crippen LogP contribution in [0.2, 0.25) is 0 Å². The third-order valence-electron chi connectivity index (χ3n) is 3.91. The average molecular weight is 260 g/mol. The maximum atomic E-state index is 11.8. The van der Waals surface area contributed by atoms with Crippen molar-refractivity contribution < 1.29 is 4.79 Å². The maximum Gasteiger partial charge on any atom is 0.220 e. The van der Waals surface area contributed by atoms with Crippen LogP contribution in [0.3, 0.4) is 0 Å². The van der Waals surface area contributed by atoms with Gasteiger partial charge in [-0.1, -0.05) is 27.2 Å². The summed E-state index contributed by atoms with van der Waals surface area (Å²) in [5, 5.41) is 3.22. The molecule has 17 heavy (non-hydrogen) atoms. The molecule has 1 N–H and O–H groups in total. The molecule has 0 heterocycles. The molecule has 0 radical (unpaired) electrons. The fraction of sp³-hybridized carbons (Fsp3) is 0.929. The van der Waals surface area contributed by atoms with Crippen LogP contribution in [0.15, 0.2) is 0 Å². The number of carbonyl (C=O) groups excluding carboxylic acids is 1. The molecule has 1 rings (SSSR count). The number of carbonyl (C=O) groups is 1. The Hall–Kier alpha value is -0.240. The highest BCUT2D eigenvalue weighted by Crippen LogP contribution is 2.33. The van der Waals surface area contributed by atoms with Crippen LogP contribution in [0, 0.1) is 17.8 Å². The Labute approximate surface area is 110 Å². The summed E-state index contributed by atoms with van der Waals surface area (Å²) in [6, 6.07) is 0.376. The summed E-state index contributed by atoms with van der Waals surface area (Å²) < 4.78 is 0. The van der Waals surface area contributed by atoms with E-state index in [1.165, 1.54) is 12.8 Å². The molecule has 0 aromatic heterocycles. The second-order valence-electron chi connectivity index (χ2n) is 5.79. The molecule has 0 aromatic rings. The van der Waals surface area contributed by atoms with Crippen molar-refractivity contribution >= 4 is 17.5 Å². The van der Waals surface area contributed by atoms with Crippen LogP contribution < -0.4 is 5.32 Å². The standard InChI is InChI=1S/C14H26ClNO/c1-10(2)12-7-6-11(3)9-13(12)16-14(17)5-4-8-15/h10-13H,4-9H2,1-3H3,(H,16,17). The molecule has 100 valence electrons. The Morgan fingerprint density at radius 2 is 2.12 bits per heavy atom. The first kappa shape index (κ1) is 14.8. The van der Waals surface area contributed by atoms with E-state index in [0.717, 1.165) is 18.8 Å². The van der Waals surface area contributed by atoms with Crippen molar-refractivity contribution in [2.45, 2.75) is 58.9 Å². The average Bonchev–Trinajstić information content (AvgIpc) is 2.26. The predicted octanol–water partition coefficient (Wildman–Crippen LogP) is 3.58. The van der Waals surface area contributed by atoms with Crippen molar-refractivity contribution in [2.24, 2.45) is 17.8 Å². The molecule has 0 bridgehead atoms. The molecular formula is C14H26ClNO. The number of alkyl halides is 1. The van der Waals surface area contributed by atoms with E-state index in [2.05, 4.69) is 26.1 Å². The normalized spacial score (nSPS) is 29.4. The third-order valence-corrected chi connectivity index (χ3v) is 4.17. The smallest absolute Gasteiger partial charge is 0.220 e. The van der Waals surface area contributed by atoms with Crippen LogP contribution >= 0.6 is 11.6 Å². The second kappa shape index (κ2) is 7.25. The minimum atomic E-state index is 0.176. The lowest BCUT2D eigenvalue weighted by atomic mass is 9.74. The molecule has 2 nitrogen and oxygen atoms in total. The van der Waals surface area contributed by atoms with Crippen molar-refractivity contribution in [3.05, 3.63) is 0 Å². The topological polar surface area (TPSA) is 29.1 Å². The van der Waals surface area contributed by atoms with Crippen LogP contribution in [0.4, 0.5) is 0 Å². The zero-order valence-corrected chi connectivity index (χ0v) is 12.1. The van der Waals surface area contributed by atoms with Crippen LogP contribution in [0.5, 0.6) is 0 Å². The number of hydrogen-bond acceptors (Lipinski definition) is 1. The number of rotatable bonds is 5. The van der Waals surface area contributed by atoms with Crippen LogP contribution in [0.25, 0.3) is 0 Å². The summed E-state index contributed by atoms with van der Waals surface area (Å²) in [7, 11) is 0. The predicted molar refractivity (Wildman–Crippen MR) is 73.2 cm³/mol. The van der Waals surface area contributed by atoms with Gasteiger partial charge < -0.3 is 5.32 Å². The van der Waals surface area contributed by atoms with E-state index < -0.39 is 0 Å². The van der Waals surface area contributed by atoms with E-state index in [0.29, 0.717) is 30.2 Å². The van der Waals surface area contributed by atoms with Gasteiger partial charge in [0.05, 0.1) is 0 Å². The van der Waals surface area contributed by atoms with Crippen molar-refractivity contribution in [2.75, 3.05) is 5.88 Å². The lowest BCUT2D eigenvalue weighted by molar-refractivity contribution is -0.122. The van der Waals surface area contributed by atoms with Crippen LogP contribution in [-0.2, 0) is 4.79 Å². The van der Waals surface area contributed by atoms with Gasteiger partial charge in [-0.25, -0.2) is 0 Å². The quantitative estimate of drug-likeness (QED) is 0.752. The molecule has 3 atom stereocenters. The number of halogens is 1. The molecule has 3 unspecified atom stereocenters. The number of amides is 1. The van der Waals surface area contributed by atoms with Gasteiger partial charge in [0.15, 0.2) is 0 Å². The van der Waals surface area contributed by atoms with E-state index in [1.807, 2.05) is 0 Å². The maximum absolute atomic E-state index is 11.8. The summed E-state index contributed by atoms with van der Waals surface area (Å²) in [6.45, 7) is 6.81. The van der Waals surface area contributed by atoms with Gasteiger partial charge in [0.2, 0.25) is 5.91 Å². The molecule has 3 heteroatoms. The van der Waals surface area contributed by atoms with Crippen LogP contribution in [-0.4, -0.2) is 17.8 Å². The molecule has 0 saturated heterocycles. The van der Waals surface area contributed by atoms with E-state index >= 15 is 0 Å². The van der Waals surface area contributed by atoms with Crippen molar-refractivity contribution in [1.82, 2.24) is 5.32 Å². The molecular weight excluding hydrogens is 234 g/mol. The van der Waals surface area contributed by atoms with Gasteiger partial charge in [0.25, 0.3) is 0 Å². The van der Waals surface area contributed by atoms with Crippen LogP contribution in [0.1, 0.15) is 52.9 Å². The lowest BCUT2D eigenvalue weighted by Gasteiger charge is -2.37. The molecule has 1 aliphatic carbocycles. The first-order chi connectivity index (χ1) is 8.04. The first-order valence-corrected chi connectivity index (χ1v) is 7.43. The van der Waals surface area contributed by atoms with Gasteiger partial charge in [-0.2, -0.15) is 0 Å². The van der Waals surface area contributed by atoms with Gasteiger partial charge >= 0.3 is 0 Å². The molecule has 0 spiro atoms. The minimum absolute atomic E-state index is 0.176. The number of nitrogens with one attached hydrogen (secondary N) is 1. The molecule has 1 amide bonds. The summed E-state index contributed by atoms with van der Waals surface area (Å²) in [5.41, 5.74) is 0. The van der Waals surface area contributed by atoms with Gasteiger partial charge in [-0.15, -0.1) is 11.6 Å². The summed E-state index contributed by atoms with van der Waals surface area (Å²) in [4.78, 5) is 11.8. The van der Waals surface area contributed by atoms with Crippen molar-refractivity contribution in [3.8, 4) is 0 Å². The van der Waals surface area contributed by atoms with E-state index in [1.54, 1.807) is 0 Å². The highest BCUT2D eigenvalue weighted by Gasteiger charge is 2.31. The Balaban J connectivity index is 2.48. The Morgan fingerprint density at radius 1 is 1.41 bits per heavy atom. The third kappa shape index (κ3) is 4.87. The Kier molecular flexibility index (Phi) is 6.32. The largest absolute Gasteiger partial charge is 0.353 e. The Bertz CT molecular complexity index is 242. The fourth-order valence-corrected chi connectivity index (χ4v) is 3.01. The zero-order chi connectivity index (χ0) is 12.8. The minimum Gasteiger partial charge on any atom is -0.353 e. The van der Waals surface area contributed by atoms with Crippen molar-refractivity contribution in [1.29, 1.82) is 0 Å². The van der Waals surface area contributed by atoms with Gasteiger partial charge in [0.1, 0.15) is 0 Å². The summed E-state index contributed by atoms with van der Waals surface area (Å²) >= 11 is 5.61. The highest BCUT2D eigenvalue weighted by molar-refractivity contribution is 6.17. The Morgan fingerprint density at radius 3 is 2.71 bits per heavy atom. The summed E-state index contributed by atoms with van der Waals surface area (Å²) in [6.07, 6.45) is 5.03. The zero-order valence-electron chi connectivity index (χ0n) is 11.3. The van der Waals surface area contributed by atoms with E-state index in [4.69, 9.17) is 11.6 Å². The van der Waals surface area contributed by atoms with E-state index in [-0.39, 0.29) is 5.91 Å². The molecule has 0 aliphatic heterocycles. The van der Waals surface area contributed by atoms with Gasteiger partial charge in [0, 0.05) is 18.3 Å². The molecule has 1 aliphatic rings. The number of hydrogen-bond donors (Lipinski definition) is 1. The van der Waals surface area contributed by atoms with Gasteiger partial charge in [-0.05, 0) is 37.0 Å². The molecule has 1 saturated carbocycles. The lowest BCUT2D eigenvalue weighted by Crippen LogP contribution is -2.45. The van der Waals surface area contributed by atoms with Gasteiger partial charge in [-0.3, -0.25) is 4.79 Å². The SMILES string of the molecule is CC1CCC(C(C)C)C(NC(=O)CCCCl)C1. The second-order valence-corrected chi connectivity index (χ2v) is 6.17. The van der Waals surface area contributed by atoms with E-state index in [9.17, 15) is 4.79 Å². The fourth-order valence-electron chi connectivity index (χ4n) is 2.87. The molecule has 1 fully saturated rings. The molecule has 0 aromatic carbocycles.